The molecule has 1 aliphatic heterocycles. The average Bonchev–Trinajstić information content (AvgIpc) is 3.31. The van der Waals surface area contributed by atoms with E-state index in [9.17, 15) is 0 Å². The zero-order valence-corrected chi connectivity index (χ0v) is 13.3. The summed E-state index contributed by atoms with van der Waals surface area (Å²) in [6, 6.07) is 0. The van der Waals surface area contributed by atoms with Crippen LogP contribution in [-0.2, 0) is 4.74 Å². The van der Waals surface area contributed by atoms with Crippen molar-refractivity contribution in [2.75, 3.05) is 0 Å². The van der Waals surface area contributed by atoms with Gasteiger partial charge >= 0.3 is 0 Å². The fraction of sp³-hybridized carbons (Fsp3) is 1.00. The van der Waals surface area contributed by atoms with Crippen LogP contribution in [0.15, 0.2) is 0 Å². The quantitative estimate of drug-likeness (QED) is 0.590. The Hall–Kier alpha value is -0.0400. The van der Waals surface area contributed by atoms with Gasteiger partial charge in [0.05, 0.1) is 12.2 Å². The summed E-state index contributed by atoms with van der Waals surface area (Å²) in [6.45, 7) is 0. The first-order valence-electron chi connectivity index (χ1n) is 10.1. The fourth-order valence-electron chi connectivity index (χ4n) is 8.43. The minimum absolute atomic E-state index is 0.700. The molecule has 5 aliphatic carbocycles. The molecule has 0 aromatic rings. The highest BCUT2D eigenvalue weighted by Gasteiger charge is 2.62. The first kappa shape index (κ1) is 12.4. The van der Waals surface area contributed by atoms with E-state index in [1.54, 1.807) is 51.4 Å². The third kappa shape index (κ3) is 1.62. The summed E-state index contributed by atoms with van der Waals surface area (Å²) >= 11 is 0. The van der Waals surface area contributed by atoms with Crippen LogP contribution in [0.3, 0.4) is 0 Å². The van der Waals surface area contributed by atoms with Gasteiger partial charge in [0, 0.05) is 0 Å². The van der Waals surface area contributed by atoms with Crippen molar-refractivity contribution in [3.05, 3.63) is 0 Å². The Morgan fingerprint density at radius 3 is 2.19 bits per heavy atom. The maximum Gasteiger partial charge on any atom is 0.0875 e. The molecule has 6 fully saturated rings. The van der Waals surface area contributed by atoms with Gasteiger partial charge in [-0.1, -0.05) is 19.3 Å². The summed E-state index contributed by atoms with van der Waals surface area (Å²) in [5, 5.41) is 0. The third-order valence-corrected chi connectivity index (χ3v) is 8.97. The van der Waals surface area contributed by atoms with E-state index in [0.29, 0.717) is 6.10 Å². The van der Waals surface area contributed by atoms with Crippen LogP contribution in [0.2, 0.25) is 0 Å². The molecule has 6 rings (SSSR count). The van der Waals surface area contributed by atoms with Gasteiger partial charge in [0.1, 0.15) is 0 Å². The molecule has 0 aromatic heterocycles. The first-order chi connectivity index (χ1) is 10.4. The average molecular weight is 286 g/mol. The minimum Gasteiger partial charge on any atom is -0.369 e. The topological polar surface area (TPSA) is 12.5 Å². The van der Waals surface area contributed by atoms with Gasteiger partial charge in [-0.2, -0.15) is 0 Å². The normalized spacial score (nSPS) is 64.0. The summed E-state index contributed by atoms with van der Waals surface area (Å²) < 4.78 is 6.11. The maximum absolute atomic E-state index is 6.11. The van der Waals surface area contributed by atoms with Gasteiger partial charge in [-0.3, -0.25) is 0 Å². The summed E-state index contributed by atoms with van der Waals surface area (Å²) in [5.74, 6) is 8.78. The van der Waals surface area contributed by atoms with Gasteiger partial charge in [-0.25, -0.2) is 0 Å². The Balaban J connectivity index is 1.38. The number of hydrogen-bond donors (Lipinski definition) is 0. The van der Waals surface area contributed by atoms with Crippen LogP contribution >= 0.6 is 0 Å². The number of fused-ring (bicyclic) bond motifs is 4. The van der Waals surface area contributed by atoms with E-state index >= 15 is 0 Å². The van der Waals surface area contributed by atoms with Crippen LogP contribution in [0.4, 0.5) is 0 Å². The lowest BCUT2D eigenvalue weighted by atomic mass is 9.44. The SMILES string of the molecule is C1CC2CCC3CC4CCC5OC5C4C4CCC(C1)C2C34. The van der Waals surface area contributed by atoms with Crippen molar-refractivity contribution in [2.45, 2.75) is 76.4 Å². The van der Waals surface area contributed by atoms with Gasteiger partial charge in [-0.15, -0.1) is 0 Å². The van der Waals surface area contributed by atoms with Gasteiger partial charge in [0.2, 0.25) is 0 Å². The Morgan fingerprint density at radius 1 is 0.571 bits per heavy atom. The van der Waals surface area contributed by atoms with Crippen LogP contribution in [0, 0.1) is 47.3 Å². The second-order valence-electron chi connectivity index (χ2n) is 9.47. The Kier molecular flexibility index (Phi) is 2.52. The van der Waals surface area contributed by atoms with E-state index in [1.165, 1.54) is 12.8 Å². The lowest BCUT2D eigenvalue weighted by molar-refractivity contribution is -0.121. The van der Waals surface area contributed by atoms with Gasteiger partial charge in [0.25, 0.3) is 0 Å². The molecule has 0 N–H and O–H groups in total. The fourth-order valence-corrected chi connectivity index (χ4v) is 8.43. The van der Waals surface area contributed by atoms with Crippen molar-refractivity contribution in [1.29, 1.82) is 0 Å². The first-order valence-corrected chi connectivity index (χ1v) is 10.1. The molecule has 6 aliphatic rings. The standard InChI is InChI=1S/C20H30O/c1-2-11-4-5-13-10-14-7-9-16-20(21-16)19(14)15-8-6-12(3-1)17(11)18(13)15/h11-20H,1-10H2. The van der Waals surface area contributed by atoms with Crippen molar-refractivity contribution in [2.24, 2.45) is 47.3 Å². The summed E-state index contributed by atoms with van der Waals surface area (Å²) in [6.07, 6.45) is 16.9. The molecule has 1 heteroatoms. The molecule has 1 saturated heterocycles. The molecule has 116 valence electrons. The van der Waals surface area contributed by atoms with Gasteiger partial charge < -0.3 is 4.74 Å². The molecule has 5 saturated carbocycles. The van der Waals surface area contributed by atoms with E-state index < -0.39 is 0 Å². The summed E-state index contributed by atoms with van der Waals surface area (Å²) in [5.41, 5.74) is 0. The number of ether oxygens (including phenoxy) is 1. The molecule has 0 bridgehead atoms. The molecule has 0 spiro atoms. The van der Waals surface area contributed by atoms with Crippen molar-refractivity contribution in [3.63, 3.8) is 0 Å². The van der Waals surface area contributed by atoms with Crippen LogP contribution < -0.4 is 0 Å². The van der Waals surface area contributed by atoms with Crippen LogP contribution in [0.5, 0.6) is 0 Å². The molecule has 10 unspecified atom stereocenters. The zero-order chi connectivity index (χ0) is 13.6. The molecular weight excluding hydrogens is 256 g/mol. The highest BCUT2D eigenvalue weighted by molar-refractivity contribution is 5.10. The van der Waals surface area contributed by atoms with E-state index in [4.69, 9.17) is 4.74 Å². The van der Waals surface area contributed by atoms with Crippen molar-refractivity contribution < 1.29 is 4.74 Å². The smallest absolute Gasteiger partial charge is 0.0875 e. The number of hydrogen-bond acceptors (Lipinski definition) is 1. The number of rotatable bonds is 0. The van der Waals surface area contributed by atoms with Gasteiger partial charge in [0.15, 0.2) is 0 Å². The Bertz CT molecular complexity index is 439. The second kappa shape index (κ2) is 4.28. The zero-order valence-electron chi connectivity index (χ0n) is 13.3. The van der Waals surface area contributed by atoms with E-state index in [1.807, 2.05) is 0 Å². The molecule has 21 heavy (non-hydrogen) atoms. The highest BCUT2D eigenvalue weighted by atomic mass is 16.6. The largest absolute Gasteiger partial charge is 0.369 e. The van der Waals surface area contributed by atoms with E-state index in [2.05, 4.69) is 0 Å². The van der Waals surface area contributed by atoms with Crippen LogP contribution in [-0.4, -0.2) is 12.2 Å². The molecule has 1 nitrogen and oxygen atoms in total. The second-order valence-corrected chi connectivity index (χ2v) is 9.47. The molecular formula is C20H30O. The molecule has 0 radical (unpaired) electrons. The Morgan fingerprint density at radius 2 is 1.29 bits per heavy atom. The van der Waals surface area contributed by atoms with E-state index in [0.717, 1.165) is 53.4 Å². The monoisotopic (exact) mass is 286 g/mol. The lowest BCUT2D eigenvalue weighted by Gasteiger charge is -2.61. The van der Waals surface area contributed by atoms with Crippen molar-refractivity contribution in [1.82, 2.24) is 0 Å². The Labute approximate surface area is 129 Å². The van der Waals surface area contributed by atoms with Crippen LogP contribution in [0.1, 0.15) is 64.2 Å². The predicted octanol–water partition coefficient (Wildman–Crippen LogP) is 4.65. The van der Waals surface area contributed by atoms with Crippen molar-refractivity contribution >= 4 is 0 Å². The number of epoxide rings is 1. The lowest BCUT2D eigenvalue weighted by Crippen LogP contribution is -2.55. The third-order valence-electron chi connectivity index (χ3n) is 8.97. The summed E-state index contributed by atoms with van der Waals surface area (Å²) in [4.78, 5) is 0. The van der Waals surface area contributed by atoms with Crippen LogP contribution in [0.25, 0.3) is 0 Å². The molecule has 0 aromatic carbocycles. The van der Waals surface area contributed by atoms with Gasteiger partial charge in [-0.05, 0) is 92.3 Å². The molecule has 1 heterocycles. The highest BCUT2D eigenvalue weighted by Crippen LogP contribution is 2.65. The molecule has 0 amide bonds. The minimum atomic E-state index is 0.700. The predicted molar refractivity (Wildman–Crippen MR) is 82.8 cm³/mol. The summed E-state index contributed by atoms with van der Waals surface area (Å²) in [7, 11) is 0. The van der Waals surface area contributed by atoms with Crippen molar-refractivity contribution in [3.8, 4) is 0 Å². The molecule has 10 atom stereocenters. The van der Waals surface area contributed by atoms with E-state index in [-0.39, 0.29) is 0 Å². The maximum atomic E-state index is 6.11.